The topological polar surface area (TPSA) is 3.24 Å². The Balaban J connectivity index is 1.41. The van der Waals surface area contributed by atoms with E-state index in [2.05, 4.69) is 183 Å². The van der Waals surface area contributed by atoms with Gasteiger partial charge in [0, 0.05) is 17.1 Å². The molecule has 0 saturated carbocycles. The number of hydrogen-bond donors (Lipinski definition) is 0. The van der Waals surface area contributed by atoms with Crippen LogP contribution in [0.2, 0.25) is 0 Å². The SMILES string of the molecule is C/C=C/C/C(=C\C=C(/C)C1=CCC=C(N(c2ccccc2)c2ccc(-c3ccc(C)cc3)cc2)C=C1)c1ccccc1. The lowest BCUT2D eigenvalue weighted by molar-refractivity contribution is 1.18. The Labute approximate surface area is 251 Å². The molecule has 1 aliphatic carbocycles. The van der Waals surface area contributed by atoms with Crippen molar-refractivity contribution in [2.24, 2.45) is 0 Å². The molecule has 1 nitrogen and oxygen atoms in total. The van der Waals surface area contributed by atoms with E-state index >= 15 is 0 Å². The van der Waals surface area contributed by atoms with Crippen LogP contribution in [0.5, 0.6) is 0 Å². The van der Waals surface area contributed by atoms with Gasteiger partial charge in [0.15, 0.2) is 0 Å². The summed E-state index contributed by atoms with van der Waals surface area (Å²) in [5.74, 6) is 0. The molecule has 0 unspecified atom stereocenters. The Morgan fingerprint density at radius 2 is 1.31 bits per heavy atom. The van der Waals surface area contributed by atoms with Gasteiger partial charge in [-0.3, -0.25) is 0 Å². The van der Waals surface area contributed by atoms with E-state index in [1.165, 1.54) is 39.0 Å². The number of para-hydroxylation sites is 1. The number of nitrogens with zero attached hydrogens (tertiary/aromatic N) is 1. The van der Waals surface area contributed by atoms with Crippen LogP contribution in [0.25, 0.3) is 16.7 Å². The summed E-state index contributed by atoms with van der Waals surface area (Å²) in [4.78, 5) is 2.34. The Morgan fingerprint density at radius 3 is 1.98 bits per heavy atom. The highest BCUT2D eigenvalue weighted by molar-refractivity contribution is 5.74. The minimum atomic E-state index is 0.863. The molecular formula is C41H39N. The Morgan fingerprint density at radius 1 is 0.690 bits per heavy atom. The fourth-order valence-electron chi connectivity index (χ4n) is 5.15. The highest BCUT2D eigenvalue weighted by Gasteiger charge is 2.14. The maximum Gasteiger partial charge on any atom is 0.0461 e. The molecule has 0 saturated heterocycles. The van der Waals surface area contributed by atoms with E-state index in [1.54, 1.807) is 0 Å². The van der Waals surface area contributed by atoms with Crippen LogP contribution in [-0.4, -0.2) is 0 Å². The van der Waals surface area contributed by atoms with Gasteiger partial charge in [0.25, 0.3) is 0 Å². The van der Waals surface area contributed by atoms with E-state index in [0.29, 0.717) is 0 Å². The summed E-state index contributed by atoms with van der Waals surface area (Å²) in [5, 5.41) is 0. The fraction of sp³-hybridized carbons (Fsp3) is 0.122. The van der Waals surface area contributed by atoms with Gasteiger partial charge in [-0.25, -0.2) is 0 Å². The number of hydrogen-bond acceptors (Lipinski definition) is 1. The van der Waals surface area contributed by atoms with Gasteiger partial charge in [-0.15, -0.1) is 0 Å². The molecule has 0 bridgehead atoms. The van der Waals surface area contributed by atoms with Crippen molar-refractivity contribution in [3.8, 4) is 11.1 Å². The van der Waals surface area contributed by atoms with Crippen LogP contribution in [0.1, 0.15) is 37.8 Å². The molecule has 0 heterocycles. The first-order valence-corrected chi connectivity index (χ1v) is 14.8. The maximum absolute atomic E-state index is 2.34. The molecule has 4 aromatic rings. The van der Waals surface area contributed by atoms with Crippen molar-refractivity contribution in [3.63, 3.8) is 0 Å². The van der Waals surface area contributed by atoms with Gasteiger partial charge in [0.1, 0.15) is 0 Å². The predicted molar refractivity (Wildman–Crippen MR) is 183 cm³/mol. The average Bonchev–Trinajstić information content (AvgIpc) is 3.29. The summed E-state index contributed by atoms with van der Waals surface area (Å²) in [6.07, 6.45) is 19.8. The van der Waals surface area contributed by atoms with Crippen molar-refractivity contribution in [1.29, 1.82) is 0 Å². The molecule has 0 spiro atoms. The van der Waals surface area contributed by atoms with E-state index in [9.17, 15) is 0 Å². The summed E-state index contributed by atoms with van der Waals surface area (Å²) in [5.41, 5.74) is 12.3. The van der Waals surface area contributed by atoms with Crippen molar-refractivity contribution in [2.75, 3.05) is 4.90 Å². The van der Waals surface area contributed by atoms with Crippen LogP contribution in [0.3, 0.4) is 0 Å². The molecule has 0 fully saturated rings. The van der Waals surface area contributed by atoms with Crippen molar-refractivity contribution in [2.45, 2.75) is 33.6 Å². The number of anilines is 2. The summed E-state index contributed by atoms with van der Waals surface area (Å²) in [6, 6.07) is 38.9. The first kappa shape index (κ1) is 28.6. The normalized spacial score (nSPS) is 14.0. The average molecular weight is 546 g/mol. The van der Waals surface area contributed by atoms with Crippen molar-refractivity contribution in [3.05, 3.63) is 186 Å². The molecule has 0 aliphatic heterocycles. The zero-order chi connectivity index (χ0) is 29.1. The van der Waals surface area contributed by atoms with Crippen molar-refractivity contribution >= 4 is 16.9 Å². The first-order chi connectivity index (χ1) is 20.6. The zero-order valence-electron chi connectivity index (χ0n) is 24.9. The van der Waals surface area contributed by atoms with Crippen LogP contribution in [0.15, 0.2) is 175 Å². The van der Waals surface area contributed by atoms with Crippen LogP contribution in [0.4, 0.5) is 11.4 Å². The predicted octanol–water partition coefficient (Wildman–Crippen LogP) is 11.6. The van der Waals surface area contributed by atoms with Gasteiger partial charge in [-0.1, -0.05) is 133 Å². The van der Waals surface area contributed by atoms with E-state index in [0.717, 1.165) is 29.9 Å². The van der Waals surface area contributed by atoms with Gasteiger partial charge >= 0.3 is 0 Å². The zero-order valence-corrected chi connectivity index (χ0v) is 24.9. The largest absolute Gasteiger partial charge is 0.311 e. The molecule has 1 heteroatoms. The second-order valence-electron chi connectivity index (χ2n) is 10.6. The van der Waals surface area contributed by atoms with Crippen LogP contribution in [0, 0.1) is 6.92 Å². The lowest BCUT2D eigenvalue weighted by Crippen LogP contribution is -2.15. The number of benzene rings is 4. The number of aryl methyl sites for hydroxylation is 1. The summed E-state index contributed by atoms with van der Waals surface area (Å²) >= 11 is 0. The minimum absolute atomic E-state index is 0.863. The van der Waals surface area contributed by atoms with Crippen molar-refractivity contribution in [1.82, 2.24) is 0 Å². The van der Waals surface area contributed by atoms with Gasteiger partial charge in [0.05, 0.1) is 0 Å². The second kappa shape index (κ2) is 14.1. The van der Waals surface area contributed by atoms with E-state index in [-0.39, 0.29) is 0 Å². The van der Waals surface area contributed by atoms with Crippen LogP contribution >= 0.6 is 0 Å². The smallest absolute Gasteiger partial charge is 0.0461 e. The quantitative estimate of drug-likeness (QED) is 0.149. The molecule has 42 heavy (non-hydrogen) atoms. The van der Waals surface area contributed by atoms with E-state index in [1.807, 2.05) is 0 Å². The minimum Gasteiger partial charge on any atom is -0.311 e. The van der Waals surface area contributed by atoms with Gasteiger partial charge < -0.3 is 4.90 Å². The standard InChI is InChI=1S/C41H39N/c1-4-5-13-36(35-14-8-6-9-15-35)25-22-33(3)34-16-12-19-40(29-26-34)42(39-17-10-7-11-18-39)41-30-27-38(28-31-41)37-23-20-32(2)21-24-37/h4-11,14-31H,12-13H2,1-3H3/b5-4+,33-22+,36-25+. The summed E-state index contributed by atoms with van der Waals surface area (Å²) < 4.78 is 0. The first-order valence-electron chi connectivity index (χ1n) is 14.8. The van der Waals surface area contributed by atoms with Gasteiger partial charge in [0.2, 0.25) is 0 Å². The Hall–Kier alpha value is -4.88. The molecule has 0 atom stereocenters. The molecule has 0 aromatic heterocycles. The second-order valence-corrected chi connectivity index (χ2v) is 10.6. The van der Waals surface area contributed by atoms with Crippen LogP contribution < -0.4 is 4.90 Å². The van der Waals surface area contributed by atoms with E-state index in [4.69, 9.17) is 0 Å². The molecule has 0 radical (unpaired) electrons. The van der Waals surface area contributed by atoms with E-state index < -0.39 is 0 Å². The highest BCUT2D eigenvalue weighted by atomic mass is 15.1. The maximum atomic E-state index is 2.34. The van der Waals surface area contributed by atoms with Gasteiger partial charge in [-0.2, -0.15) is 0 Å². The molecule has 5 rings (SSSR count). The molecular weight excluding hydrogens is 506 g/mol. The number of rotatable bonds is 9. The summed E-state index contributed by atoms with van der Waals surface area (Å²) in [6.45, 7) is 6.40. The van der Waals surface area contributed by atoms with Gasteiger partial charge in [-0.05, 0) is 97.4 Å². The third-order valence-corrected chi connectivity index (χ3v) is 7.59. The highest BCUT2D eigenvalue weighted by Crippen LogP contribution is 2.34. The molecule has 4 aromatic carbocycles. The number of allylic oxidation sites excluding steroid dienone is 11. The fourth-order valence-corrected chi connectivity index (χ4v) is 5.15. The third-order valence-electron chi connectivity index (χ3n) is 7.59. The van der Waals surface area contributed by atoms with Crippen LogP contribution in [-0.2, 0) is 0 Å². The molecule has 208 valence electrons. The molecule has 0 amide bonds. The lowest BCUT2D eigenvalue weighted by Gasteiger charge is -2.26. The lowest BCUT2D eigenvalue weighted by atomic mass is 10.00. The molecule has 1 aliphatic rings. The van der Waals surface area contributed by atoms with Crippen molar-refractivity contribution < 1.29 is 0 Å². The Kier molecular flexibility index (Phi) is 9.65. The molecule has 0 N–H and O–H groups in total. The monoisotopic (exact) mass is 545 g/mol. The summed E-state index contributed by atoms with van der Waals surface area (Å²) in [7, 11) is 0. The Bertz CT molecular complexity index is 1640. The third kappa shape index (κ3) is 7.25.